The Balaban J connectivity index is 2.16. The van der Waals surface area contributed by atoms with Crippen LogP contribution in [0.15, 0.2) is 40.9 Å². The number of hydrogen-bond acceptors (Lipinski definition) is 2. The molecule has 0 atom stereocenters. The van der Waals surface area contributed by atoms with E-state index in [1.54, 1.807) is 7.05 Å². The molecule has 3 nitrogen and oxygen atoms in total. The van der Waals surface area contributed by atoms with Crippen LogP contribution in [0.4, 0.5) is 5.69 Å². The zero-order valence-corrected chi connectivity index (χ0v) is 14.2. The summed E-state index contributed by atoms with van der Waals surface area (Å²) in [5.41, 5.74) is 3.67. The van der Waals surface area contributed by atoms with Gasteiger partial charge in [0.2, 0.25) is 0 Å². The molecular formula is C16H16BrClN2O. The number of rotatable bonds is 4. The van der Waals surface area contributed by atoms with Gasteiger partial charge in [-0.2, -0.15) is 0 Å². The molecule has 0 heterocycles. The molecule has 0 saturated heterocycles. The maximum absolute atomic E-state index is 11.8. The number of anilines is 1. The summed E-state index contributed by atoms with van der Waals surface area (Å²) in [5.74, 6) is -0.0783. The van der Waals surface area contributed by atoms with E-state index in [1.165, 1.54) is 0 Å². The SMILES string of the molecule is CNC(=O)c1cccc(NCc2ccc(Cl)c(Br)c2)c1C. The molecule has 0 aliphatic heterocycles. The van der Waals surface area contributed by atoms with Crippen LogP contribution in [0.1, 0.15) is 21.5 Å². The van der Waals surface area contributed by atoms with Crippen molar-refractivity contribution in [1.82, 2.24) is 5.32 Å². The van der Waals surface area contributed by atoms with Gasteiger partial charge < -0.3 is 10.6 Å². The molecule has 0 spiro atoms. The molecule has 2 rings (SSSR count). The van der Waals surface area contributed by atoms with Crippen LogP contribution in [0.25, 0.3) is 0 Å². The quantitative estimate of drug-likeness (QED) is 0.842. The van der Waals surface area contributed by atoms with Gasteiger partial charge >= 0.3 is 0 Å². The van der Waals surface area contributed by atoms with Crippen LogP contribution < -0.4 is 10.6 Å². The van der Waals surface area contributed by atoms with E-state index in [0.29, 0.717) is 17.1 Å². The molecule has 2 aromatic carbocycles. The second-order valence-electron chi connectivity index (χ2n) is 4.66. The van der Waals surface area contributed by atoms with Gasteiger partial charge in [-0.3, -0.25) is 4.79 Å². The predicted octanol–water partition coefficient (Wildman–Crippen LogP) is 4.38. The molecule has 0 radical (unpaired) electrons. The Kier molecular flexibility index (Phi) is 5.26. The third-order valence-electron chi connectivity index (χ3n) is 3.27. The molecule has 0 aliphatic rings. The van der Waals surface area contributed by atoms with Gasteiger partial charge in [0.15, 0.2) is 0 Å². The van der Waals surface area contributed by atoms with E-state index in [4.69, 9.17) is 11.6 Å². The summed E-state index contributed by atoms with van der Waals surface area (Å²) in [6, 6.07) is 11.5. The molecule has 5 heteroatoms. The number of halogens is 2. The fraction of sp³-hybridized carbons (Fsp3) is 0.188. The lowest BCUT2D eigenvalue weighted by Crippen LogP contribution is -2.19. The lowest BCUT2D eigenvalue weighted by molar-refractivity contribution is 0.0962. The number of nitrogens with one attached hydrogen (secondary N) is 2. The van der Waals surface area contributed by atoms with E-state index in [-0.39, 0.29) is 5.91 Å². The molecule has 0 bridgehead atoms. The van der Waals surface area contributed by atoms with Crippen molar-refractivity contribution in [2.45, 2.75) is 13.5 Å². The van der Waals surface area contributed by atoms with Crippen LogP contribution in [0, 0.1) is 6.92 Å². The molecule has 0 fully saturated rings. The molecule has 0 unspecified atom stereocenters. The minimum atomic E-state index is -0.0783. The first kappa shape index (κ1) is 15.9. The molecule has 1 amide bonds. The van der Waals surface area contributed by atoms with E-state index in [0.717, 1.165) is 21.3 Å². The Morgan fingerprint density at radius 2 is 2.05 bits per heavy atom. The summed E-state index contributed by atoms with van der Waals surface area (Å²) in [5, 5.41) is 6.69. The molecule has 2 aromatic rings. The highest BCUT2D eigenvalue weighted by atomic mass is 79.9. The van der Waals surface area contributed by atoms with E-state index in [1.807, 2.05) is 43.3 Å². The van der Waals surface area contributed by atoms with Gasteiger partial charge in [-0.1, -0.05) is 23.7 Å². The van der Waals surface area contributed by atoms with E-state index >= 15 is 0 Å². The Morgan fingerprint density at radius 3 is 2.71 bits per heavy atom. The van der Waals surface area contributed by atoms with Crippen LogP contribution in [0.5, 0.6) is 0 Å². The molecule has 0 aromatic heterocycles. The maximum Gasteiger partial charge on any atom is 0.251 e. The van der Waals surface area contributed by atoms with Crippen molar-refractivity contribution in [1.29, 1.82) is 0 Å². The minimum absolute atomic E-state index is 0.0783. The first-order valence-corrected chi connectivity index (χ1v) is 7.69. The average molecular weight is 368 g/mol. The van der Waals surface area contributed by atoms with E-state index < -0.39 is 0 Å². The van der Waals surface area contributed by atoms with Gasteiger partial charge in [-0.05, 0) is 58.2 Å². The summed E-state index contributed by atoms with van der Waals surface area (Å²) < 4.78 is 0.874. The van der Waals surface area contributed by atoms with Crippen molar-refractivity contribution >= 4 is 39.1 Å². The van der Waals surface area contributed by atoms with Crippen molar-refractivity contribution in [2.75, 3.05) is 12.4 Å². The molecular weight excluding hydrogens is 352 g/mol. The van der Waals surface area contributed by atoms with Gasteiger partial charge in [0.25, 0.3) is 5.91 Å². The van der Waals surface area contributed by atoms with Crippen molar-refractivity contribution in [3.63, 3.8) is 0 Å². The van der Waals surface area contributed by atoms with Crippen LogP contribution in [0.2, 0.25) is 5.02 Å². The highest BCUT2D eigenvalue weighted by molar-refractivity contribution is 9.10. The van der Waals surface area contributed by atoms with Crippen LogP contribution in [-0.2, 0) is 6.54 Å². The maximum atomic E-state index is 11.8. The third-order valence-corrected chi connectivity index (χ3v) is 4.49. The average Bonchev–Trinajstić information content (AvgIpc) is 2.49. The smallest absolute Gasteiger partial charge is 0.251 e. The van der Waals surface area contributed by atoms with Gasteiger partial charge in [0.05, 0.1) is 5.02 Å². The largest absolute Gasteiger partial charge is 0.381 e. The van der Waals surface area contributed by atoms with Gasteiger partial charge in [-0.25, -0.2) is 0 Å². The lowest BCUT2D eigenvalue weighted by Gasteiger charge is -2.13. The highest BCUT2D eigenvalue weighted by Gasteiger charge is 2.09. The second kappa shape index (κ2) is 6.96. The first-order valence-electron chi connectivity index (χ1n) is 6.52. The summed E-state index contributed by atoms with van der Waals surface area (Å²) in [4.78, 5) is 11.8. The molecule has 2 N–H and O–H groups in total. The Hall–Kier alpha value is -1.52. The first-order chi connectivity index (χ1) is 10.0. The van der Waals surface area contributed by atoms with E-state index in [9.17, 15) is 4.79 Å². The zero-order chi connectivity index (χ0) is 15.4. The van der Waals surface area contributed by atoms with Gasteiger partial charge in [-0.15, -0.1) is 0 Å². The molecule has 0 saturated carbocycles. The summed E-state index contributed by atoms with van der Waals surface area (Å²) in [6.07, 6.45) is 0. The van der Waals surface area contributed by atoms with Crippen molar-refractivity contribution < 1.29 is 4.79 Å². The normalized spacial score (nSPS) is 10.3. The monoisotopic (exact) mass is 366 g/mol. The summed E-state index contributed by atoms with van der Waals surface area (Å²) >= 11 is 9.40. The van der Waals surface area contributed by atoms with E-state index in [2.05, 4.69) is 26.6 Å². The van der Waals surface area contributed by atoms with Crippen molar-refractivity contribution in [2.24, 2.45) is 0 Å². The van der Waals surface area contributed by atoms with Crippen LogP contribution in [0.3, 0.4) is 0 Å². The molecule has 110 valence electrons. The van der Waals surface area contributed by atoms with Crippen molar-refractivity contribution in [3.05, 3.63) is 62.6 Å². The van der Waals surface area contributed by atoms with Crippen LogP contribution in [-0.4, -0.2) is 13.0 Å². The Labute approximate surface area is 137 Å². The third kappa shape index (κ3) is 3.77. The van der Waals surface area contributed by atoms with Gasteiger partial charge in [0, 0.05) is 29.3 Å². The zero-order valence-electron chi connectivity index (χ0n) is 11.8. The summed E-state index contributed by atoms with van der Waals surface area (Å²) in [6.45, 7) is 2.60. The number of carbonyl (C=O) groups excluding carboxylic acids is 1. The lowest BCUT2D eigenvalue weighted by atomic mass is 10.1. The Bertz CT molecular complexity index is 673. The minimum Gasteiger partial charge on any atom is -0.381 e. The summed E-state index contributed by atoms with van der Waals surface area (Å²) in [7, 11) is 1.63. The van der Waals surface area contributed by atoms with Crippen molar-refractivity contribution in [3.8, 4) is 0 Å². The van der Waals surface area contributed by atoms with Crippen LogP contribution >= 0.6 is 27.5 Å². The number of carbonyl (C=O) groups is 1. The highest BCUT2D eigenvalue weighted by Crippen LogP contribution is 2.24. The molecule has 21 heavy (non-hydrogen) atoms. The fourth-order valence-corrected chi connectivity index (χ4v) is 2.60. The number of hydrogen-bond donors (Lipinski definition) is 2. The number of benzene rings is 2. The standard InChI is InChI=1S/C16H16BrClN2O/c1-10-12(16(21)19-2)4-3-5-15(10)20-9-11-6-7-14(18)13(17)8-11/h3-8,20H,9H2,1-2H3,(H,19,21). The Morgan fingerprint density at radius 1 is 1.29 bits per heavy atom. The van der Waals surface area contributed by atoms with Gasteiger partial charge in [0.1, 0.15) is 0 Å². The predicted molar refractivity (Wildman–Crippen MR) is 91.0 cm³/mol. The topological polar surface area (TPSA) is 41.1 Å². The molecule has 0 aliphatic carbocycles. The second-order valence-corrected chi connectivity index (χ2v) is 5.92. The fourth-order valence-electron chi connectivity index (χ4n) is 2.05. The number of amides is 1.